The number of benzene rings is 2. The molecular formula is C13H9Cl2NRu. The van der Waals surface area contributed by atoms with Crippen molar-refractivity contribution in [3.8, 4) is 0 Å². The molecule has 2 aromatic carbocycles. The van der Waals surface area contributed by atoms with Crippen molar-refractivity contribution in [2.24, 2.45) is 0 Å². The third kappa shape index (κ3) is 1.95. The van der Waals surface area contributed by atoms with Gasteiger partial charge in [-0.25, -0.2) is 0 Å². The fourth-order valence-corrected chi connectivity index (χ4v) is 3.76. The number of halogens is 2. The summed E-state index contributed by atoms with van der Waals surface area (Å²) >= 11 is -1.84. The quantitative estimate of drug-likeness (QED) is 0.575. The van der Waals surface area contributed by atoms with Crippen molar-refractivity contribution in [2.45, 2.75) is 0 Å². The molecule has 1 nitrogen and oxygen atoms in total. The molecule has 3 rings (SSSR count). The number of para-hydroxylation sites is 2. The van der Waals surface area contributed by atoms with E-state index in [2.05, 4.69) is 41.0 Å². The second-order valence-electron chi connectivity index (χ2n) is 3.70. The van der Waals surface area contributed by atoms with Crippen LogP contribution in [0.3, 0.4) is 0 Å². The predicted molar refractivity (Wildman–Crippen MR) is 72.6 cm³/mol. The van der Waals surface area contributed by atoms with E-state index in [9.17, 15) is 0 Å². The first-order chi connectivity index (χ1) is 8.27. The van der Waals surface area contributed by atoms with Gasteiger partial charge in [0.15, 0.2) is 0 Å². The van der Waals surface area contributed by atoms with E-state index in [1.165, 1.54) is 10.8 Å². The molecule has 0 fully saturated rings. The predicted octanol–water partition coefficient (Wildman–Crippen LogP) is 4.33. The summed E-state index contributed by atoms with van der Waals surface area (Å²) < 4.78 is 4.07. The summed E-state index contributed by atoms with van der Waals surface area (Å²) in [5.41, 5.74) is 2.32. The minimum atomic E-state index is -1.84. The molecule has 0 aliphatic rings. The van der Waals surface area contributed by atoms with Crippen LogP contribution >= 0.6 is 19.4 Å². The summed E-state index contributed by atoms with van der Waals surface area (Å²) in [6, 6.07) is 16.6. The zero-order valence-electron chi connectivity index (χ0n) is 8.75. The molecule has 0 bridgehead atoms. The summed E-state index contributed by atoms with van der Waals surface area (Å²) in [4.78, 5) is 0. The third-order valence-electron chi connectivity index (χ3n) is 2.78. The molecule has 3 aromatic rings. The van der Waals surface area contributed by atoms with Crippen LogP contribution in [0.2, 0.25) is 0 Å². The molecule has 88 valence electrons. The van der Waals surface area contributed by atoms with Gasteiger partial charge in [-0.3, -0.25) is 0 Å². The van der Waals surface area contributed by atoms with Crippen molar-refractivity contribution in [3.63, 3.8) is 0 Å². The molecule has 0 aliphatic heterocycles. The molecule has 0 radical (unpaired) electrons. The summed E-state index contributed by atoms with van der Waals surface area (Å²) in [6.45, 7) is 0. The standard InChI is InChI=1S/C13H9N.2ClH.Ru/c1-14-12-8-4-2-6-10(12)11-7-3-5-9-13(11)14;;;/h1-9H;2*1H;/q;;;+2/p-2. The average Bonchev–Trinajstić information content (AvgIpc) is 2.65. The van der Waals surface area contributed by atoms with E-state index in [1.807, 2.05) is 16.9 Å². The molecule has 17 heavy (non-hydrogen) atoms. The second-order valence-corrected chi connectivity index (χ2v) is 9.37. The van der Waals surface area contributed by atoms with Crippen LogP contribution in [0.25, 0.3) is 21.8 Å². The van der Waals surface area contributed by atoms with Gasteiger partial charge < -0.3 is 0 Å². The summed E-state index contributed by atoms with van der Waals surface area (Å²) in [5.74, 6) is 0. The van der Waals surface area contributed by atoms with Gasteiger partial charge >= 0.3 is 113 Å². The number of aromatic nitrogens is 1. The van der Waals surface area contributed by atoms with Gasteiger partial charge in [0, 0.05) is 0 Å². The monoisotopic (exact) mass is 351 g/mol. The minimum absolute atomic E-state index is 1.16. The van der Waals surface area contributed by atoms with Gasteiger partial charge in [-0.1, -0.05) is 0 Å². The molecule has 0 saturated heterocycles. The van der Waals surface area contributed by atoms with Gasteiger partial charge in [0.25, 0.3) is 0 Å². The van der Waals surface area contributed by atoms with E-state index in [0.29, 0.717) is 0 Å². The Morgan fingerprint density at radius 3 is 1.76 bits per heavy atom. The van der Waals surface area contributed by atoms with Crippen LogP contribution in [0.15, 0.2) is 48.5 Å². The van der Waals surface area contributed by atoms with Crippen molar-refractivity contribution < 1.29 is 13.5 Å². The first kappa shape index (κ1) is 11.4. The fourth-order valence-electron chi connectivity index (χ4n) is 2.12. The van der Waals surface area contributed by atoms with Gasteiger partial charge in [-0.2, -0.15) is 0 Å². The zero-order valence-corrected chi connectivity index (χ0v) is 12.0. The Bertz CT molecular complexity index is 673. The molecule has 0 unspecified atom stereocenters. The van der Waals surface area contributed by atoms with Crippen LogP contribution in [0.4, 0.5) is 0 Å². The molecule has 0 saturated carbocycles. The molecule has 0 spiro atoms. The fraction of sp³-hybridized carbons (Fsp3) is 0. The molecule has 4 heteroatoms. The van der Waals surface area contributed by atoms with Crippen LogP contribution in [0.5, 0.6) is 0 Å². The number of hydrogen-bond donors (Lipinski definition) is 0. The first-order valence-corrected chi connectivity index (χ1v) is 10.6. The van der Waals surface area contributed by atoms with Crippen LogP contribution < -0.4 is 0 Å². The maximum atomic E-state index is 6.00. The Morgan fingerprint density at radius 1 is 0.824 bits per heavy atom. The SMILES string of the molecule is [Cl][Ru]([Cl])=[CH]n1c2ccccc2c2ccccc21. The summed E-state index contributed by atoms with van der Waals surface area (Å²) in [7, 11) is 12.0. The topological polar surface area (TPSA) is 4.93 Å². The molecule has 0 aliphatic carbocycles. The van der Waals surface area contributed by atoms with E-state index >= 15 is 0 Å². The maximum absolute atomic E-state index is 6.00. The Kier molecular flexibility index (Phi) is 3.04. The van der Waals surface area contributed by atoms with Crippen molar-refractivity contribution in [1.82, 2.24) is 4.57 Å². The Labute approximate surface area is 112 Å². The van der Waals surface area contributed by atoms with Gasteiger partial charge in [0.1, 0.15) is 0 Å². The van der Waals surface area contributed by atoms with Gasteiger partial charge in [0.2, 0.25) is 0 Å². The van der Waals surface area contributed by atoms with Crippen LogP contribution in [0, 0.1) is 0 Å². The van der Waals surface area contributed by atoms with E-state index in [4.69, 9.17) is 19.4 Å². The van der Waals surface area contributed by atoms with Crippen molar-refractivity contribution in [2.75, 3.05) is 0 Å². The van der Waals surface area contributed by atoms with Gasteiger partial charge in [-0.05, 0) is 0 Å². The Hall–Kier alpha value is -0.687. The summed E-state index contributed by atoms with van der Waals surface area (Å²) in [6.07, 6.45) is 0. The summed E-state index contributed by atoms with van der Waals surface area (Å²) in [5, 5.41) is 2.48. The number of nitrogens with zero attached hydrogens (tertiary/aromatic N) is 1. The molecule has 0 atom stereocenters. The van der Waals surface area contributed by atoms with Crippen LogP contribution in [-0.2, 0) is 13.5 Å². The van der Waals surface area contributed by atoms with Crippen molar-refractivity contribution >= 4 is 45.9 Å². The molecule has 0 N–H and O–H groups in total. The zero-order chi connectivity index (χ0) is 11.8. The molecule has 1 aromatic heterocycles. The van der Waals surface area contributed by atoms with E-state index < -0.39 is 13.5 Å². The average molecular weight is 351 g/mol. The molecular weight excluding hydrogens is 342 g/mol. The van der Waals surface area contributed by atoms with Crippen molar-refractivity contribution in [1.29, 1.82) is 0 Å². The second kappa shape index (κ2) is 4.53. The first-order valence-electron chi connectivity index (χ1n) is 5.08. The molecule has 1 heterocycles. The van der Waals surface area contributed by atoms with Crippen LogP contribution in [-0.4, -0.2) is 9.30 Å². The number of fused-ring (bicyclic) bond motifs is 3. The van der Waals surface area contributed by atoms with E-state index in [1.54, 1.807) is 0 Å². The van der Waals surface area contributed by atoms with E-state index in [0.717, 1.165) is 11.0 Å². The van der Waals surface area contributed by atoms with Gasteiger partial charge in [-0.15, -0.1) is 0 Å². The number of rotatable bonds is 1. The third-order valence-corrected chi connectivity index (χ3v) is 4.38. The van der Waals surface area contributed by atoms with E-state index in [-0.39, 0.29) is 0 Å². The Balaban J connectivity index is 2.55. The Morgan fingerprint density at radius 2 is 1.29 bits per heavy atom. The normalized spacial score (nSPS) is 12.0. The van der Waals surface area contributed by atoms with Gasteiger partial charge in [0.05, 0.1) is 0 Å². The number of hydrogen-bond acceptors (Lipinski definition) is 0. The molecule has 0 amide bonds. The van der Waals surface area contributed by atoms with Crippen molar-refractivity contribution in [3.05, 3.63) is 48.5 Å². The van der Waals surface area contributed by atoms with Crippen LogP contribution in [0.1, 0.15) is 0 Å².